The standard InChI is InChI=1S/C8H4BrF3INO2/c9-2-4-1-6(13)5(3-15)7(14-4)16-8(10,11)12/h1,3H,2H2. The molecular weight excluding hydrogens is 406 g/mol. The first kappa shape index (κ1) is 13.7. The first-order valence-electron chi connectivity index (χ1n) is 3.83. The van der Waals surface area contributed by atoms with E-state index in [9.17, 15) is 18.0 Å². The second-order valence-corrected chi connectivity index (χ2v) is 4.34. The van der Waals surface area contributed by atoms with Gasteiger partial charge in [0.05, 0.1) is 11.3 Å². The van der Waals surface area contributed by atoms with Gasteiger partial charge in [-0.3, -0.25) is 4.79 Å². The van der Waals surface area contributed by atoms with Gasteiger partial charge in [-0.2, -0.15) is 0 Å². The van der Waals surface area contributed by atoms with E-state index >= 15 is 0 Å². The van der Waals surface area contributed by atoms with Gasteiger partial charge in [0, 0.05) is 8.90 Å². The van der Waals surface area contributed by atoms with Crippen LogP contribution in [0.5, 0.6) is 5.88 Å². The van der Waals surface area contributed by atoms with Crippen molar-refractivity contribution in [2.24, 2.45) is 0 Å². The van der Waals surface area contributed by atoms with Crippen molar-refractivity contribution in [1.29, 1.82) is 0 Å². The molecule has 0 radical (unpaired) electrons. The Kier molecular flexibility index (Phi) is 4.53. The maximum Gasteiger partial charge on any atom is 0.574 e. The van der Waals surface area contributed by atoms with Crippen LogP contribution in [0.25, 0.3) is 0 Å². The molecule has 16 heavy (non-hydrogen) atoms. The molecule has 88 valence electrons. The van der Waals surface area contributed by atoms with Crippen LogP contribution in [0.15, 0.2) is 6.07 Å². The molecule has 1 heterocycles. The fourth-order valence-corrected chi connectivity index (χ4v) is 1.92. The molecule has 0 aliphatic rings. The van der Waals surface area contributed by atoms with Crippen molar-refractivity contribution in [3.63, 3.8) is 0 Å². The Hall–Kier alpha value is -0.380. The quantitative estimate of drug-likeness (QED) is 0.437. The molecule has 0 atom stereocenters. The van der Waals surface area contributed by atoms with Gasteiger partial charge >= 0.3 is 6.36 Å². The van der Waals surface area contributed by atoms with Gasteiger partial charge in [-0.15, -0.1) is 13.2 Å². The van der Waals surface area contributed by atoms with Crippen molar-refractivity contribution in [2.75, 3.05) is 0 Å². The van der Waals surface area contributed by atoms with Gasteiger partial charge in [0.1, 0.15) is 0 Å². The molecule has 0 aromatic carbocycles. The zero-order chi connectivity index (χ0) is 12.3. The minimum absolute atomic E-state index is 0.206. The Morgan fingerprint density at radius 1 is 1.56 bits per heavy atom. The molecule has 0 aliphatic heterocycles. The highest BCUT2D eigenvalue weighted by atomic mass is 127. The van der Waals surface area contributed by atoms with Crippen LogP contribution in [0.4, 0.5) is 13.2 Å². The predicted molar refractivity (Wildman–Crippen MR) is 61.7 cm³/mol. The molecule has 1 aromatic heterocycles. The highest BCUT2D eigenvalue weighted by Gasteiger charge is 2.33. The Morgan fingerprint density at radius 3 is 2.62 bits per heavy atom. The summed E-state index contributed by atoms with van der Waals surface area (Å²) in [5, 5.41) is 0.274. The van der Waals surface area contributed by atoms with Crippen LogP contribution in [0.1, 0.15) is 16.1 Å². The van der Waals surface area contributed by atoms with Gasteiger partial charge < -0.3 is 4.74 Å². The first-order valence-corrected chi connectivity index (χ1v) is 6.03. The molecule has 0 saturated heterocycles. The van der Waals surface area contributed by atoms with E-state index in [0.717, 1.165) is 0 Å². The van der Waals surface area contributed by atoms with E-state index < -0.39 is 12.2 Å². The number of carbonyl (C=O) groups excluding carboxylic acids is 1. The van der Waals surface area contributed by atoms with E-state index in [1.54, 1.807) is 22.6 Å². The van der Waals surface area contributed by atoms with Crippen molar-refractivity contribution in [3.05, 3.63) is 20.9 Å². The van der Waals surface area contributed by atoms with Gasteiger partial charge in [0.15, 0.2) is 6.29 Å². The highest BCUT2D eigenvalue weighted by molar-refractivity contribution is 14.1. The lowest BCUT2D eigenvalue weighted by Gasteiger charge is -2.11. The van der Waals surface area contributed by atoms with Gasteiger partial charge in [-0.05, 0) is 28.7 Å². The summed E-state index contributed by atoms with van der Waals surface area (Å²) in [6.07, 6.45) is -4.58. The molecule has 0 spiro atoms. The summed E-state index contributed by atoms with van der Waals surface area (Å²) in [5.74, 6) is -0.719. The van der Waals surface area contributed by atoms with Gasteiger partial charge in [0.25, 0.3) is 0 Å². The Labute approximate surface area is 111 Å². The van der Waals surface area contributed by atoms with E-state index in [1.807, 2.05) is 0 Å². The molecule has 1 rings (SSSR count). The largest absolute Gasteiger partial charge is 0.574 e. The summed E-state index contributed by atoms with van der Waals surface area (Å²) in [6.45, 7) is 0. The monoisotopic (exact) mass is 409 g/mol. The number of ether oxygens (including phenoxy) is 1. The smallest absolute Gasteiger partial charge is 0.387 e. The third-order valence-electron chi connectivity index (χ3n) is 1.49. The number of aldehydes is 1. The number of hydrogen-bond donors (Lipinski definition) is 0. The third kappa shape index (κ3) is 3.58. The van der Waals surface area contributed by atoms with E-state index in [0.29, 0.717) is 9.26 Å². The summed E-state index contributed by atoms with van der Waals surface area (Å²) >= 11 is 4.81. The van der Waals surface area contributed by atoms with Crippen LogP contribution in [0.2, 0.25) is 0 Å². The maximum absolute atomic E-state index is 12.0. The molecule has 0 unspecified atom stereocenters. The van der Waals surface area contributed by atoms with E-state index in [4.69, 9.17) is 0 Å². The minimum atomic E-state index is -4.86. The van der Waals surface area contributed by atoms with Crippen LogP contribution in [0.3, 0.4) is 0 Å². The van der Waals surface area contributed by atoms with Crippen LogP contribution in [-0.2, 0) is 5.33 Å². The minimum Gasteiger partial charge on any atom is -0.387 e. The number of alkyl halides is 4. The van der Waals surface area contributed by atoms with Crippen molar-refractivity contribution < 1.29 is 22.7 Å². The molecule has 0 N–H and O–H groups in total. The Bertz CT molecular complexity index is 411. The lowest BCUT2D eigenvalue weighted by atomic mass is 10.2. The van der Waals surface area contributed by atoms with Crippen molar-refractivity contribution in [3.8, 4) is 5.88 Å². The third-order valence-corrected chi connectivity index (χ3v) is 2.96. The summed E-state index contributed by atoms with van der Waals surface area (Å²) in [7, 11) is 0. The van der Waals surface area contributed by atoms with E-state index in [1.165, 1.54) is 6.07 Å². The maximum atomic E-state index is 12.0. The molecule has 0 amide bonds. The summed E-state index contributed by atoms with van der Waals surface area (Å²) in [6, 6.07) is 1.50. The molecule has 0 saturated carbocycles. The number of carbonyl (C=O) groups is 1. The number of halogens is 5. The number of aromatic nitrogens is 1. The fraction of sp³-hybridized carbons (Fsp3) is 0.250. The van der Waals surface area contributed by atoms with Crippen LogP contribution < -0.4 is 4.74 Å². The Morgan fingerprint density at radius 2 is 2.19 bits per heavy atom. The molecular formula is C8H4BrF3INO2. The number of nitrogens with zero attached hydrogens (tertiary/aromatic N) is 1. The number of pyridine rings is 1. The first-order chi connectivity index (χ1) is 7.37. The zero-order valence-electron chi connectivity index (χ0n) is 7.52. The predicted octanol–water partition coefficient (Wildman–Crippen LogP) is 3.29. The second-order valence-electron chi connectivity index (χ2n) is 2.61. The lowest BCUT2D eigenvalue weighted by molar-refractivity contribution is -0.276. The fourth-order valence-electron chi connectivity index (χ4n) is 0.912. The highest BCUT2D eigenvalue weighted by Crippen LogP contribution is 2.27. The van der Waals surface area contributed by atoms with Crippen molar-refractivity contribution >= 4 is 44.8 Å². The summed E-state index contributed by atoms with van der Waals surface area (Å²) < 4.78 is 40.1. The van der Waals surface area contributed by atoms with Crippen molar-refractivity contribution in [2.45, 2.75) is 11.7 Å². The average Bonchev–Trinajstić information content (AvgIpc) is 2.14. The summed E-state index contributed by atoms with van der Waals surface area (Å²) in [5.41, 5.74) is 0.150. The molecule has 0 fully saturated rings. The zero-order valence-corrected chi connectivity index (χ0v) is 11.3. The normalized spacial score (nSPS) is 11.3. The second kappa shape index (κ2) is 5.30. The molecule has 1 aromatic rings. The topological polar surface area (TPSA) is 39.2 Å². The average molecular weight is 410 g/mol. The van der Waals surface area contributed by atoms with E-state index in [2.05, 4.69) is 25.7 Å². The van der Waals surface area contributed by atoms with Crippen LogP contribution in [-0.4, -0.2) is 17.6 Å². The van der Waals surface area contributed by atoms with Gasteiger partial charge in [-0.1, -0.05) is 15.9 Å². The number of hydrogen-bond acceptors (Lipinski definition) is 3. The van der Waals surface area contributed by atoms with E-state index in [-0.39, 0.29) is 17.2 Å². The van der Waals surface area contributed by atoms with Crippen LogP contribution in [0, 0.1) is 3.57 Å². The molecule has 0 aliphatic carbocycles. The Balaban J connectivity index is 3.23. The molecule has 0 bridgehead atoms. The summed E-state index contributed by atoms with van der Waals surface area (Å²) in [4.78, 5) is 14.2. The molecule has 3 nitrogen and oxygen atoms in total. The van der Waals surface area contributed by atoms with Crippen molar-refractivity contribution in [1.82, 2.24) is 4.98 Å². The SMILES string of the molecule is O=Cc1c(I)cc(CBr)nc1OC(F)(F)F. The van der Waals surface area contributed by atoms with Crippen LogP contribution >= 0.6 is 38.5 Å². The lowest BCUT2D eigenvalue weighted by Crippen LogP contribution is -2.19. The molecule has 8 heteroatoms. The van der Waals surface area contributed by atoms with Gasteiger partial charge in [0.2, 0.25) is 5.88 Å². The number of rotatable bonds is 3. The van der Waals surface area contributed by atoms with Gasteiger partial charge in [-0.25, -0.2) is 4.98 Å².